The lowest BCUT2D eigenvalue weighted by Gasteiger charge is -2.19. The number of nitrogens with one attached hydrogen (secondary N) is 1. The Bertz CT molecular complexity index is 771. The molecule has 2 aromatic carbocycles. The van der Waals surface area contributed by atoms with E-state index < -0.39 is 15.8 Å². The summed E-state index contributed by atoms with van der Waals surface area (Å²) in [6.07, 6.45) is 0. The van der Waals surface area contributed by atoms with Gasteiger partial charge in [0.2, 0.25) is 5.91 Å². The predicted molar refractivity (Wildman–Crippen MR) is 82.7 cm³/mol. The Labute approximate surface area is 128 Å². The molecule has 2 aromatic rings. The van der Waals surface area contributed by atoms with Crippen molar-refractivity contribution >= 4 is 27.3 Å². The van der Waals surface area contributed by atoms with Gasteiger partial charge < -0.3 is 5.32 Å². The van der Waals surface area contributed by atoms with E-state index in [0.717, 1.165) is 16.4 Å². The van der Waals surface area contributed by atoms with Crippen LogP contribution in [0, 0.1) is 5.82 Å². The highest BCUT2D eigenvalue weighted by Gasteiger charge is 2.21. The Morgan fingerprint density at radius 3 is 2.09 bits per heavy atom. The molecule has 0 spiro atoms. The molecule has 1 N–H and O–H groups in total. The van der Waals surface area contributed by atoms with E-state index in [1.165, 1.54) is 26.1 Å². The van der Waals surface area contributed by atoms with Crippen molar-refractivity contribution in [1.29, 1.82) is 0 Å². The Morgan fingerprint density at radius 1 is 1.05 bits per heavy atom. The van der Waals surface area contributed by atoms with Crippen molar-refractivity contribution in [3.8, 4) is 0 Å². The molecule has 5 nitrogen and oxygen atoms in total. The smallest absolute Gasteiger partial charge is 0.264 e. The lowest BCUT2D eigenvalue weighted by atomic mass is 10.3. The quantitative estimate of drug-likeness (QED) is 0.941. The minimum Gasteiger partial charge on any atom is -0.326 e. The first-order valence-electron chi connectivity index (χ1n) is 6.43. The molecule has 0 saturated heterocycles. The average Bonchev–Trinajstić information content (AvgIpc) is 2.47. The Morgan fingerprint density at radius 2 is 1.59 bits per heavy atom. The molecule has 0 saturated carbocycles. The van der Waals surface area contributed by atoms with Crippen LogP contribution in [0.4, 0.5) is 15.8 Å². The molecular formula is C15H15FN2O3S. The zero-order valence-corrected chi connectivity index (χ0v) is 12.9. The predicted octanol–water partition coefficient (Wildman–Crippen LogP) is 2.61. The normalized spacial score (nSPS) is 11.0. The maximum absolute atomic E-state index is 12.9. The molecule has 116 valence electrons. The van der Waals surface area contributed by atoms with Gasteiger partial charge in [-0.3, -0.25) is 9.10 Å². The molecule has 1 amide bonds. The topological polar surface area (TPSA) is 66.5 Å². The zero-order chi connectivity index (χ0) is 16.3. The first kappa shape index (κ1) is 16.0. The molecule has 22 heavy (non-hydrogen) atoms. The van der Waals surface area contributed by atoms with E-state index in [1.54, 1.807) is 24.3 Å². The van der Waals surface area contributed by atoms with Crippen LogP contribution in [0.15, 0.2) is 53.4 Å². The van der Waals surface area contributed by atoms with Gasteiger partial charge in [0.25, 0.3) is 10.0 Å². The van der Waals surface area contributed by atoms with E-state index in [9.17, 15) is 17.6 Å². The number of benzene rings is 2. The van der Waals surface area contributed by atoms with Crippen LogP contribution >= 0.6 is 0 Å². The van der Waals surface area contributed by atoms with Crippen LogP contribution in [-0.4, -0.2) is 21.4 Å². The van der Waals surface area contributed by atoms with Crippen LogP contribution < -0.4 is 9.62 Å². The third-order valence-electron chi connectivity index (χ3n) is 3.02. The molecule has 0 aromatic heterocycles. The highest BCUT2D eigenvalue weighted by Crippen LogP contribution is 2.23. The monoisotopic (exact) mass is 322 g/mol. The fourth-order valence-electron chi connectivity index (χ4n) is 1.86. The summed E-state index contributed by atoms with van der Waals surface area (Å²) < 4.78 is 38.9. The van der Waals surface area contributed by atoms with Crippen LogP contribution in [-0.2, 0) is 14.8 Å². The van der Waals surface area contributed by atoms with Crippen molar-refractivity contribution < 1.29 is 17.6 Å². The number of carbonyl (C=O) groups excluding carboxylic acids is 1. The fourth-order valence-corrected chi connectivity index (χ4v) is 3.06. The zero-order valence-electron chi connectivity index (χ0n) is 12.1. The van der Waals surface area contributed by atoms with Gasteiger partial charge >= 0.3 is 0 Å². The van der Waals surface area contributed by atoms with E-state index in [4.69, 9.17) is 0 Å². The summed E-state index contributed by atoms with van der Waals surface area (Å²) in [5, 5.41) is 2.60. The van der Waals surface area contributed by atoms with Gasteiger partial charge in [0.05, 0.1) is 10.6 Å². The molecule has 0 aliphatic carbocycles. The highest BCUT2D eigenvalue weighted by atomic mass is 32.2. The van der Waals surface area contributed by atoms with Gasteiger partial charge in [-0.25, -0.2) is 12.8 Å². The Kier molecular flexibility index (Phi) is 4.46. The van der Waals surface area contributed by atoms with E-state index in [-0.39, 0.29) is 10.8 Å². The Hall–Kier alpha value is -2.41. The molecule has 0 atom stereocenters. The van der Waals surface area contributed by atoms with E-state index >= 15 is 0 Å². The van der Waals surface area contributed by atoms with E-state index in [2.05, 4.69) is 5.32 Å². The van der Waals surface area contributed by atoms with E-state index in [1.807, 2.05) is 0 Å². The Balaban J connectivity index is 2.28. The van der Waals surface area contributed by atoms with Crippen molar-refractivity contribution in [1.82, 2.24) is 0 Å². The van der Waals surface area contributed by atoms with Crippen LogP contribution in [0.2, 0.25) is 0 Å². The average molecular weight is 322 g/mol. The maximum Gasteiger partial charge on any atom is 0.264 e. The van der Waals surface area contributed by atoms with Gasteiger partial charge in [-0.2, -0.15) is 0 Å². The molecule has 0 aliphatic rings. The second-order valence-electron chi connectivity index (χ2n) is 4.65. The number of sulfonamides is 1. The molecule has 0 radical (unpaired) electrons. The maximum atomic E-state index is 12.9. The molecule has 2 rings (SSSR count). The number of hydrogen-bond donors (Lipinski definition) is 1. The largest absolute Gasteiger partial charge is 0.326 e. The number of carbonyl (C=O) groups is 1. The second-order valence-corrected chi connectivity index (χ2v) is 6.62. The summed E-state index contributed by atoms with van der Waals surface area (Å²) in [7, 11) is -2.36. The van der Waals surface area contributed by atoms with E-state index in [0.29, 0.717) is 11.4 Å². The van der Waals surface area contributed by atoms with Crippen LogP contribution in [0.5, 0.6) is 0 Å². The van der Waals surface area contributed by atoms with Crippen molar-refractivity contribution in [3.05, 3.63) is 54.3 Å². The first-order chi connectivity index (χ1) is 10.3. The van der Waals surface area contributed by atoms with Gasteiger partial charge in [-0.05, 0) is 48.5 Å². The van der Waals surface area contributed by atoms with Crippen LogP contribution in [0.1, 0.15) is 6.92 Å². The van der Waals surface area contributed by atoms with Crippen molar-refractivity contribution in [3.63, 3.8) is 0 Å². The molecule has 0 aliphatic heterocycles. The third kappa shape index (κ3) is 3.43. The number of anilines is 2. The summed E-state index contributed by atoms with van der Waals surface area (Å²) in [6.45, 7) is 1.39. The SMILES string of the molecule is CC(=O)Nc1ccc(N(C)S(=O)(=O)c2ccc(F)cc2)cc1. The second kappa shape index (κ2) is 6.15. The third-order valence-corrected chi connectivity index (χ3v) is 4.82. The number of amides is 1. The first-order valence-corrected chi connectivity index (χ1v) is 7.87. The standard InChI is InChI=1S/C15H15FN2O3S/c1-11(19)17-13-5-7-14(8-6-13)18(2)22(20,21)15-9-3-12(16)4-10-15/h3-10H,1-2H3,(H,17,19). The molecular weight excluding hydrogens is 307 g/mol. The van der Waals surface area contributed by atoms with Gasteiger partial charge in [0.1, 0.15) is 5.82 Å². The number of halogens is 1. The molecule has 0 fully saturated rings. The van der Waals surface area contributed by atoms with Crippen LogP contribution in [0.3, 0.4) is 0 Å². The number of hydrogen-bond acceptors (Lipinski definition) is 3. The fraction of sp³-hybridized carbons (Fsp3) is 0.133. The summed E-state index contributed by atoms with van der Waals surface area (Å²) in [6, 6.07) is 11.0. The minimum absolute atomic E-state index is 0.00216. The van der Waals surface area contributed by atoms with Gasteiger partial charge in [0, 0.05) is 19.7 Å². The summed E-state index contributed by atoms with van der Waals surface area (Å²) in [5.74, 6) is -0.707. The molecule has 0 unspecified atom stereocenters. The van der Waals surface area contributed by atoms with Crippen LogP contribution in [0.25, 0.3) is 0 Å². The van der Waals surface area contributed by atoms with Gasteiger partial charge in [0.15, 0.2) is 0 Å². The van der Waals surface area contributed by atoms with Gasteiger partial charge in [-0.1, -0.05) is 0 Å². The van der Waals surface area contributed by atoms with Crippen molar-refractivity contribution in [2.24, 2.45) is 0 Å². The van der Waals surface area contributed by atoms with Crippen molar-refractivity contribution in [2.75, 3.05) is 16.7 Å². The molecule has 0 heterocycles. The highest BCUT2D eigenvalue weighted by molar-refractivity contribution is 7.92. The lowest BCUT2D eigenvalue weighted by molar-refractivity contribution is -0.114. The molecule has 0 bridgehead atoms. The lowest BCUT2D eigenvalue weighted by Crippen LogP contribution is -2.26. The number of nitrogens with zero attached hydrogens (tertiary/aromatic N) is 1. The van der Waals surface area contributed by atoms with Gasteiger partial charge in [-0.15, -0.1) is 0 Å². The number of rotatable bonds is 4. The summed E-state index contributed by atoms with van der Waals surface area (Å²) in [4.78, 5) is 11.0. The summed E-state index contributed by atoms with van der Waals surface area (Å²) >= 11 is 0. The minimum atomic E-state index is -3.77. The van der Waals surface area contributed by atoms with Crippen molar-refractivity contribution in [2.45, 2.75) is 11.8 Å². The summed E-state index contributed by atoms with van der Waals surface area (Å²) in [5.41, 5.74) is 1.00. The molecule has 7 heteroatoms.